The molecule has 2 aromatic carbocycles. The first-order valence-corrected chi connectivity index (χ1v) is 9.58. The molecule has 0 amide bonds. The molecule has 126 valence electrons. The molecule has 4 nitrogen and oxygen atoms in total. The van der Waals surface area contributed by atoms with E-state index in [1.165, 1.54) is 24.3 Å². The molecule has 3 rings (SSSR count). The van der Waals surface area contributed by atoms with E-state index < -0.39 is 10.0 Å². The van der Waals surface area contributed by atoms with Gasteiger partial charge in [-0.05, 0) is 42.8 Å². The van der Waals surface area contributed by atoms with Gasteiger partial charge in [0.2, 0.25) is 0 Å². The number of rotatable bonds is 4. The summed E-state index contributed by atoms with van der Waals surface area (Å²) in [6.07, 6.45) is 0. The molecule has 0 aliphatic carbocycles. The summed E-state index contributed by atoms with van der Waals surface area (Å²) >= 11 is 1.15. The van der Waals surface area contributed by atoms with Crippen molar-refractivity contribution in [1.29, 1.82) is 5.26 Å². The van der Waals surface area contributed by atoms with Gasteiger partial charge in [0.05, 0.1) is 10.6 Å². The third-order valence-electron chi connectivity index (χ3n) is 3.54. The zero-order valence-corrected chi connectivity index (χ0v) is 14.8. The zero-order chi connectivity index (χ0) is 18.0. The van der Waals surface area contributed by atoms with E-state index in [2.05, 4.69) is 4.72 Å². The summed E-state index contributed by atoms with van der Waals surface area (Å²) in [5, 5.41) is 9.29. The highest BCUT2D eigenvalue weighted by molar-refractivity contribution is 7.92. The average Bonchev–Trinajstić information content (AvgIpc) is 2.98. The summed E-state index contributed by atoms with van der Waals surface area (Å²) < 4.78 is 40.5. The molecular weight excluding hydrogens is 359 g/mol. The maximum absolute atomic E-state index is 13.1. The van der Waals surface area contributed by atoms with E-state index >= 15 is 0 Å². The zero-order valence-electron chi connectivity index (χ0n) is 13.2. The number of nitriles is 1. The molecule has 1 heterocycles. The van der Waals surface area contributed by atoms with Crippen molar-refractivity contribution in [2.75, 3.05) is 4.72 Å². The lowest BCUT2D eigenvalue weighted by atomic mass is 10.2. The van der Waals surface area contributed by atoms with E-state index in [4.69, 9.17) is 0 Å². The highest BCUT2D eigenvalue weighted by atomic mass is 32.2. The number of aryl methyl sites for hydroxylation is 1. The van der Waals surface area contributed by atoms with Gasteiger partial charge < -0.3 is 0 Å². The number of nitrogens with one attached hydrogen (secondary N) is 1. The monoisotopic (exact) mass is 372 g/mol. The third kappa shape index (κ3) is 3.71. The maximum Gasteiger partial charge on any atom is 0.261 e. The van der Waals surface area contributed by atoms with Crippen LogP contribution in [-0.4, -0.2) is 8.42 Å². The van der Waals surface area contributed by atoms with Crippen LogP contribution in [0, 0.1) is 24.1 Å². The second-order valence-corrected chi connectivity index (χ2v) is 8.13. The van der Waals surface area contributed by atoms with Crippen LogP contribution in [0.15, 0.2) is 59.5 Å². The van der Waals surface area contributed by atoms with Gasteiger partial charge in [-0.15, -0.1) is 11.3 Å². The molecule has 3 aromatic rings. The van der Waals surface area contributed by atoms with Crippen molar-refractivity contribution in [2.24, 2.45) is 0 Å². The molecule has 0 bridgehead atoms. The minimum atomic E-state index is -3.79. The predicted octanol–water partition coefficient (Wildman–Crippen LogP) is 4.54. The van der Waals surface area contributed by atoms with Crippen LogP contribution < -0.4 is 4.72 Å². The lowest BCUT2D eigenvalue weighted by Gasteiger charge is -2.07. The van der Waals surface area contributed by atoms with Crippen molar-refractivity contribution >= 4 is 27.0 Å². The quantitative estimate of drug-likeness (QED) is 0.731. The van der Waals surface area contributed by atoms with Crippen molar-refractivity contribution in [2.45, 2.75) is 11.8 Å². The van der Waals surface area contributed by atoms with Crippen LogP contribution in [0.4, 0.5) is 10.1 Å². The lowest BCUT2D eigenvalue weighted by molar-refractivity contribution is 0.601. The fraction of sp³-hybridized carbons (Fsp3) is 0.0556. The molecule has 0 saturated carbocycles. The summed E-state index contributed by atoms with van der Waals surface area (Å²) in [6, 6.07) is 15.8. The SMILES string of the molecule is Cc1ccc(S(=O)(=O)Nc2cc(-c3ccc(F)cc3)sc2C#N)cc1. The molecule has 0 aliphatic rings. The first-order valence-electron chi connectivity index (χ1n) is 7.28. The molecular formula is C18H13FN2O2S2. The van der Waals surface area contributed by atoms with Gasteiger partial charge in [0, 0.05) is 4.88 Å². The molecule has 1 aromatic heterocycles. The second-order valence-electron chi connectivity index (χ2n) is 5.39. The van der Waals surface area contributed by atoms with Crippen LogP contribution in [0.5, 0.6) is 0 Å². The Morgan fingerprint density at radius 1 is 1.08 bits per heavy atom. The number of thiophene rings is 1. The highest BCUT2D eigenvalue weighted by Gasteiger charge is 2.18. The normalized spacial score (nSPS) is 11.1. The van der Waals surface area contributed by atoms with Crippen LogP contribution in [0.1, 0.15) is 10.4 Å². The van der Waals surface area contributed by atoms with Crippen molar-refractivity contribution in [3.8, 4) is 16.5 Å². The van der Waals surface area contributed by atoms with Crippen LogP contribution in [-0.2, 0) is 10.0 Å². The number of hydrogen-bond donors (Lipinski definition) is 1. The van der Waals surface area contributed by atoms with Gasteiger partial charge in [-0.3, -0.25) is 4.72 Å². The van der Waals surface area contributed by atoms with Crippen LogP contribution in [0.25, 0.3) is 10.4 Å². The Kier molecular flexibility index (Phi) is 4.57. The maximum atomic E-state index is 13.1. The van der Waals surface area contributed by atoms with Gasteiger partial charge >= 0.3 is 0 Å². The molecule has 0 saturated heterocycles. The minimum absolute atomic E-state index is 0.122. The minimum Gasteiger partial charge on any atom is -0.277 e. The molecule has 0 radical (unpaired) electrons. The highest BCUT2D eigenvalue weighted by Crippen LogP contribution is 2.35. The Labute approximate surface area is 149 Å². The van der Waals surface area contributed by atoms with E-state index in [0.717, 1.165) is 16.9 Å². The van der Waals surface area contributed by atoms with E-state index in [9.17, 15) is 18.1 Å². The summed E-state index contributed by atoms with van der Waals surface area (Å²) in [5.41, 5.74) is 1.88. The Hall–Kier alpha value is -2.69. The van der Waals surface area contributed by atoms with E-state index in [-0.39, 0.29) is 21.3 Å². The van der Waals surface area contributed by atoms with E-state index in [1.54, 1.807) is 30.3 Å². The lowest BCUT2D eigenvalue weighted by Crippen LogP contribution is -2.13. The summed E-state index contributed by atoms with van der Waals surface area (Å²) in [6.45, 7) is 1.87. The van der Waals surface area contributed by atoms with E-state index in [1.807, 2.05) is 13.0 Å². The molecule has 1 N–H and O–H groups in total. The Bertz CT molecular complexity index is 1050. The standard InChI is InChI=1S/C18H13FN2O2S2/c1-12-2-8-15(9-3-12)25(22,23)21-16-10-17(24-18(16)11-20)13-4-6-14(19)7-5-13/h2-10,21H,1H3. The molecule has 7 heteroatoms. The van der Waals surface area contributed by atoms with Gasteiger partial charge in [0.1, 0.15) is 16.8 Å². The van der Waals surface area contributed by atoms with Gasteiger partial charge in [-0.25, -0.2) is 12.8 Å². The Morgan fingerprint density at radius 3 is 2.32 bits per heavy atom. The van der Waals surface area contributed by atoms with Crippen LogP contribution in [0.2, 0.25) is 0 Å². The first-order chi connectivity index (χ1) is 11.9. The molecule has 0 spiro atoms. The van der Waals surface area contributed by atoms with Crippen molar-refractivity contribution in [3.63, 3.8) is 0 Å². The Morgan fingerprint density at radius 2 is 1.72 bits per heavy atom. The van der Waals surface area contributed by atoms with Crippen LogP contribution in [0.3, 0.4) is 0 Å². The first kappa shape index (κ1) is 17.1. The predicted molar refractivity (Wildman–Crippen MR) is 96.4 cm³/mol. The topological polar surface area (TPSA) is 70.0 Å². The molecule has 0 fully saturated rings. The molecule has 25 heavy (non-hydrogen) atoms. The number of benzene rings is 2. The number of sulfonamides is 1. The van der Waals surface area contributed by atoms with Gasteiger partial charge in [-0.2, -0.15) is 5.26 Å². The Balaban J connectivity index is 1.96. The molecule has 0 unspecified atom stereocenters. The smallest absolute Gasteiger partial charge is 0.261 e. The largest absolute Gasteiger partial charge is 0.277 e. The van der Waals surface area contributed by atoms with Gasteiger partial charge in [0.25, 0.3) is 10.0 Å². The summed E-state index contributed by atoms with van der Waals surface area (Å²) in [4.78, 5) is 1.05. The van der Waals surface area contributed by atoms with Crippen LogP contribution >= 0.6 is 11.3 Å². The fourth-order valence-corrected chi connectivity index (χ4v) is 4.27. The number of hydrogen-bond acceptors (Lipinski definition) is 4. The molecule has 0 aliphatic heterocycles. The second kappa shape index (κ2) is 6.67. The third-order valence-corrected chi connectivity index (χ3v) is 6.01. The summed E-state index contributed by atoms with van der Waals surface area (Å²) in [5.74, 6) is -0.360. The number of halogens is 1. The van der Waals surface area contributed by atoms with Crippen molar-refractivity contribution < 1.29 is 12.8 Å². The number of anilines is 1. The van der Waals surface area contributed by atoms with E-state index in [0.29, 0.717) is 10.4 Å². The van der Waals surface area contributed by atoms with Gasteiger partial charge in [0.15, 0.2) is 0 Å². The summed E-state index contributed by atoms with van der Waals surface area (Å²) in [7, 11) is -3.79. The molecule has 0 atom stereocenters. The average molecular weight is 372 g/mol. The van der Waals surface area contributed by atoms with Crippen molar-refractivity contribution in [3.05, 3.63) is 70.9 Å². The fourth-order valence-electron chi connectivity index (χ4n) is 2.23. The number of nitrogens with zero attached hydrogens (tertiary/aromatic N) is 1. The van der Waals surface area contributed by atoms with Gasteiger partial charge in [-0.1, -0.05) is 29.8 Å². The van der Waals surface area contributed by atoms with Crippen molar-refractivity contribution in [1.82, 2.24) is 0 Å².